The number of hydrogen-bond donors (Lipinski definition) is 2. The number of aliphatic imine (C=N–C) groups is 1. The van der Waals surface area contributed by atoms with Crippen LogP contribution in [0.15, 0.2) is 89.9 Å². The lowest BCUT2D eigenvalue weighted by molar-refractivity contribution is -0.156. The molecule has 3 aromatic carbocycles. The fourth-order valence-electron chi connectivity index (χ4n) is 7.24. The van der Waals surface area contributed by atoms with Gasteiger partial charge in [0.05, 0.1) is 30.4 Å². The van der Waals surface area contributed by atoms with Crippen molar-refractivity contribution in [1.82, 2.24) is 4.90 Å². The van der Waals surface area contributed by atoms with Gasteiger partial charge in [-0.1, -0.05) is 84.4 Å². The van der Waals surface area contributed by atoms with Crippen LogP contribution in [0.2, 0.25) is 5.02 Å². The summed E-state index contributed by atoms with van der Waals surface area (Å²) in [6, 6.07) is 26.3. The predicted molar refractivity (Wildman–Crippen MR) is 173 cm³/mol. The topological polar surface area (TPSA) is 99.4 Å². The summed E-state index contributed by atoms with van der Waals surface area (Å²) in [7, 11) is 0. The maximum Gasteiger partial charge on any atom is 0.312 e. The Morgan fingerprint density at radius 3 is 2.18 bits per heavy atom. The van der Waals surface area contributed by atoms with E-state index in [0.29, 0.717) is 29.3 Å². The van der Waals surface area contributed by atoms with Gasteiger partial charge in [-0.3, -0.25) is 14.6 Å². The van der Waals surface area contributed by atoms with Crippen molar-refractivity contribution < 1.29 is 24.5 Å². The first-order valence-corrected chi connectivity index (χ1v) is 15.9. The van der Waals surface area contributed by atoms with E-state index in [4.69, 9.17) is 21.3 Å². The number of ether oxygens (including phenoxy) is 1. The monoisotopic (exact) mass is 616 g/mol. The molecule has 5 rings (SSSR count). The second kappa shape index (κ2) is 14.5. The third-order valence-electron chi connectivity index (χ3n) is 9.48. The number of likely N-dealkylation sites (tertiary alicyclic amines) is 1. The summed E-state index contributed by atoms with van der Waals surface area (Å²) in [5.74, 6) is -4.34. The summed E-state index contributed by atoms with van der Waals surface area (Å²) in [5.41, 5.74) is 1.60. The number of rotatable bonds is 13. The third-order valence-corrected chi connectivity index (χ3v) is 9.71. The number of carbonyl (C=O) groups is 2. The van der Waals surface area contributed by atoms with E-state index < -0.39 is 35.2 Å². The van der Waals surface area contributed by atoms with Crippen LogP contribution in [0.5, 0.6) is 0 Å². The molecule has 0 saturated carbocycles. The Balaban J connectivity index is 1.53. The first-order valence-electron chi connectivity index (χ1n) is 15.5. The van der Waals surface area contributed by atoms with Gasteiger partial charge in [0, 0.05) is 23.4 Å². The Morgan fingerprint density at radius 1 is 0.977 bits per heavy atom. The molecule has 0 bridgehead atoms. The van der Waals surface area contributed by atoms with Crippen LogP contribution in [-0.2, 0) is 14.3 Å². The molecule has 0 aromatic heterocycles. The molecule has 7 nitrogen and oxygen atoms in total. The van der Waals surface area contributed by atoms with Crippen molar-refractivity contribution in [2.24, 2.45) is 16.3 Å². The number of hydrogen-bond acceptors (Lipinski definition) is 5. The number of nitrogens with zero attached hydrogens (tertiary/aromatic N) is 2. The van der Waals surface area contributed by atoms with Crippen molar-refractivity contribution >= 4 is 29.3 Å². The highest BCUT2D eigenvalue weighted by molar-refractivity contribution is 6.30. The van der Waals surface area contributed by atoms with Gasteiger partial charge in [-0.05, 0) is 74.5 Å². The van der Waals surface area contributed by atoms with E-state index in [9.17, 15) is 19.8 Å². The normalized spacial score (nSPS) is 23.9. The maximum atomic E-state index is 13.6. The van der Waals surface area contributed by atoms with Crippen molar-refractivity contribution in [2.75, 3.05) is 32.8 Å². The molecule has 3 aromatic rings. The maximum absolute atomic E-state index is 13.6. The Morgan fingerprint density at radius 2 is 1.61 bits per heavy atom. The highest BCUT2D eigenvalue weighted by Gasteiger charge is 2.58. The molecule has 4 atom stereocenters. The van der Waals surface area contributed by atoms with E-state index in [2.05, 4.69) is 29.2 Å². The molecule has 2 aliphatic rings. The van der Waals surface area contributed by atoms with Crippen molar-refractivity contribution in [3.63, 3.8) is 0 Å². The van der Waals surface area contributed by atoms with E-state index in [1.807, 2.05) is 36.4 Å². The van der Waals surface area contributed by atoms with E-state index in [1.165, 1.54) is 12.8 Å². The first kappa shape index (κ1) is 31.9. The summed E-state index contributed by atoms with van der Waals surface area (Å²) in [6.45, 7) is 5.17. The van der Waals surface area contributed by atoms with Crippen LogP contribution in [0.25, 0.3) is 0 Å². The lowest BCUT2D eigenvalue weighted by Gasteiger charge is -2.47. The van der Waals surface area contributed by atoms with Crippen LogP contribution in [0.4, 0.5) is 0 Å². The third kappa shape index (κ3) is 6.90. The minimum atomic E-state index is -1.51. The van der Waals surface area contributed by atoms with Gasteiger partial charge in [-0.25, -0.2) is 0 Å². The molecule has 232 valence electrons. The summed E-state index contributed by atoms with van der Waals surface area (Å²) < 4.78 is 6.00. The summed E-state index contributed by atoms with van der Waals surface area (Å²) >= 11 is 6.43. The molecular weight excluding hydrogens is 576 g/mol. The molecule has 4 unspecified atom stereocenters. The molecule has 0 spiro atoms. The van der Waals surface area contributed by atoms with E-state index in [-0.39, 0.29) is 18.9 Å². The molecule has 2 heterocycles. The van der Waals surface area contributed by atoms with Gasteiger partial charge in [0.15, 0.2) is 0 Å². The molecule has 2 N–H and O–H groups in total. The second-order valence-electron chi connectivity index (χ2n) is 12.0. The quantitative estimate of drug-likeness (QED) is 0.206. The molecule has 44 heavy (non-hydrogen) atoms. The average molecular weight is 617 g/mol. The molecule has 0 aliphatic carbocycles. The fraction of sp³-hybridized carbons (Fsp3) is 0.417. The molecule has 2 aliphatic heterocycles. The molecule has 1 fully saturated rings. The van der Waals surface area contributed by atoms with Crippen molar-refractivity contribution in [3.8, 4) is 0 Å². The Kier molecular flexibility index (Phi) is 10.5. The van der Waals surface area contributed by atoms with Crippen LogP contribution < -0.4 is 0 Å². The molecule has 8 heteroatoms. The first-order chi connectivity index (χ1) is 21.3. The summed E-state index contributed by atoms with van der Waals surface area (Å²) in [4.78, 5) is 33.9. The molecule has 1 saturated heterocycles. The van der Waals surface area contributed by atoms with E-state index >= 15 is 0 Å². The van der Waals surface area contributed by atoms with Crippen LogP contribution in [-0.4, -0.2) is 71.7 Å². The lowest BCUT2D eigenvalue weighted by Crippen LogP contribution is -2.55. The Hall–Kier alpha value is -3.52. The van der Waals surface area contributed by atoms with E-state index in [0.717, 1.165) is 30.8 Å². The molecule has 0 amide bonds. The smallest absolute Gasteiger partial charge is 0.312 e. The van der Waals surface area contributed by atoms with Crippen LogP contribution in [0.1, 0.15) is 61.1 Å². The molecule has 0 radical (unpaired) electrons. The number of aliphatic carboxylic acids is 2. The number of carboxylic acid groups (broad SMARTS) is 2. The SMILES string of the molecule is CC1N=C(COCCN2CCCC2)C(C(=O)O)C(c2cccc(Cl)c2)C1(CCC(c1ccccc1)c1ccccc1)C(=O)O. The zero-order valence-corrected chi connectivity index (χ0v) is 25.9. The highest BCUT2D eigenvalue weighted by Crippen LogP contribution is 2.53. The molecular formula is C36H41ClN2O5. The van der Waals surface area contributed by atoms with E-state index in [1.54, 1.807) is 31.2 Å². The minimum absolute atomic E-state index is 0.0402. The average Bonchev–Trinajstić information content (AvgIpc) is 3.54. The zero-order valence-electron chi connectivity index (χ0n) is 25.1. The summed E-state index contributed by atoms with van der Waals surface area (Å²) in [6.07, 6.45) is 3.06. The van der Waals surface area contributed by atoms with Crippen LogP contribution in [0.3, 0.4) is 0 Å². The van der Waals surface area contributed by atoms with Crippen molar-refractivity contribution in [3.05, 3.63) is 107 Å². The van der Waals surface area contributed by atoms with Crippen LogP contribution >= 0.6 is 11.6 Å². The van der Waals surface area contributed by atoms with Gasteiger partial charge in [-0.15, -0.1) is 0 Å². The van der Waals surface area contributed by atoms with Gasteiger partial charge in [-0.2, -0.15) is 0 Å². The van der Waals surface area contributed by atoms with Crippen molar-refractivity contribution in [2.45, 2.75) is 50.5 Å². The highest BCUT2D eigenvalue weighted by atomic mass is 35.5. The second-order valence-corrected chi connectivity index (χ2v) is 12.4. The van der Waals surface area contributed by atoms with Gasteiger partial charge < -0.3 is 19.8 Å². The fourth-order valence-corrected chi connectivity index (χ4v) is 7.43. The number of halogens is 1. The predicted octanol–water partition coefficient (Wildman–Crippen LogP) is 6.76. The standard InChI is InChI=1S/C36H41ClN2O5/c1-25-36(35(42)43,18-17-30(26-11-4-2-5-12-26)27-13-6-3-7-14-27)33(28-15-10-16-29(37)23-28)32(34(40)41)31(38-25)24-44-22-21-39-19-8-9-20-39/h2-7,10-16,23,25,30,32-33H,8-9,17-22,24H2,1H3,(H,40,41)(H,42,43). The van der Waals surface area contributed by atoms with Gasteiger partial charge in [0.25, 0.3) is 0 Å². The number of benzene rings is 3. The Bertz CT molecular complexity index is 1400. The van der Waals surface area contributed by atoms with Gasteiger partial charge in [0.2, 0.25) is 0 Å². The minimum Gasteiger partial charge on any atom is -0.481 e. The number of carboxylic acids is 2. The van der Waals surface area contributed by atoms with Gasteiger partial charge >= 0.3 is 11.9 Å². The largest absolute Gasteiger partial charge is 0.481 e. The lowest BCUT2D eigenvalue weighted by atomic mass is 9.57. The Labute approximate surface area is 264 Å². The zero-order chi connectivity index (χ0) is 31.1. The van der Waals surface area contributed by atoms with Crippen LogP contribution in [0, 0.1) is 11.3 Å². The van der Waals surface area contributed by atoms with Crippen molar-refractivity contribution in [1.29, 1.82) is 0 Å². The summed E-state index contributed by atoms with van der Waals surface area (Å²) in [5, 5.41) is 22.2. The van der Waals surface area contributed by atoms with Gasteiger partial charge in [0.1, 0.15) is 5.92 Å².